The Balaban J connectivity index is 1.80. The molecular weight excluding hydrogens is 871 g/mol. The largest absolute Gasteiger partial charge is 0.444 e. The fourth-order valence-corrected chi connectivity index (χ4v) is 9.96. The van der Waals surface area contributed by atoms with E-state index in [9.17, 15) is 28.8 Å². The third kappa shape index (κ3) is 16.5. The van der Waals surface area contributed by atoms with Crippen LogP contribution in [0.25, 0.3) is 0 Å². The minimum absolute atomic E-state index is 0.00608. The van der Waals surface area contributed by atoms with Crippen LogP contribution in [0.4, 0.5) is 4.79 Å². The number of thiazole rings is 1. The molecule has 1 N–H and O–H groups in total. The van der Waals surface area contributed by atoms with Crippen LogP contribution in [0.1, 0.15) is 142 Å². The van der Waals surface area contributed by atoms with Crippen molar-refractivity contribution in [3.05, 3.63) is 52.0 Å². The quantitative estimate of drug-likeness (QED) is 0.0968. The second-order valence-electron chi connectivity index (χ2n) is 20.4. The predicted molar refractivity (Wildman–Crippen MR) is 264 cm³/mol. The number of likely N-dealkylation sites (tertiary alicyclic amines) is 1. The van der Waals surface area contributed by atoms with E-state index in [1.807, 2.05) is 76.8 Å². The summed E-state index contributed by atoms with van der Waals surface area (Å²) in [4.78, 5) is 91.9. The van der Waals surface area contributed by atoms with Crippen molar-refractivity contribution in [3.63, 3.8) is 0 Å². The van der Waals surface area contributed by atoms with Crippen molar-refractivity contribution >= 4 is 46.7 Å². The number of likely N-dealkylation sites (N-methyl/N-ethyl adjacent to an activating group) is 2. The molecule has 1 fully saturated rings. The third-order valence-electron chi connectivity index (χ3n) is 13.7. The molecule has 0 aliphatic carbocycles. The van der Waals surface area contributed by atoms with E-state index in [1.54, 1.807) is 59.4 Å². The zero-order valence-corrected chi connectivity index (χ0v) is 44.1. The van der Waals surface area contributed by atoms with Crippen LogP contribution in [-0.4, -0.2) is 133 Å². The molecule has 15 heteroatoms. The maximum Gasteiger partial charge on any atom is 0.407 e. The molecule has 3 rings (SSSR count). The van der Waals surface area contributed by atoms with Crippen molar-refractivity contribution < 1.29 is 43.0 Å². The Kier molecular flexibility index (Phi) is 22.6. The Morgan fingerprint density at radius 3 is 2.09 bits per heavy atom. The number of alkyl carbamates (subject to hydrolysis) is 1. The van der Waals surface area contributed by atoms with Gasteiger partial charge in [-0.2, -0.15) is 0 Å². The average Bonchev–Trinajstić information content (AvgIpc) is 3.98. The summed E-state index contributed by atoms with van der Waals surface area (Å²) >= 11 is 1.34. The number of amides is 4. The van der Waals surface area contributed by atoms with Crippen LogP contribution in [0.2, 0.25) is 0 Å². The van der Waals surface area contributed by atoms with Crippen molar-refractivity contribution in [1.29, 1.82) is 0 Å². The molecule has 1 aliphatic rings. The SMILES string of the molecule is CC[C@H](C)[C@@H]([C@@H](CC(=O)N1CCC[C@H]1[C@H](OC)[C@@H](C)C(=O)C[C@@H](Cc1ccccc1)c1nc(C(=O)N(C)CCNC(=O)OC(C)(C)C)cs1)OC)N(C)C(=O)[C@@H](CC(=O)[C@@H](C)C(C)C)C(C)C. The average molecular weight is 954 g/mol. The van der Waals surface area contributed by atoms with Crippen LogP contribution >= 0.6 is 11.3 Å². The summed E-state index contributed by atoms with van der Waals surface area (Å²) in [6.45, 7) is 22.2. The number of carbonyl (C=O) groups excluding carboxylic acids is 6. The molecule has 0 saturated carbocycles. The lowest BCUT2D eigenvalue weighted by Gasteiger charge is -2.41. The van der Waals surface area contributed by atoms with Gasteiger partial charge < -0.3 is 34.2 Å². The summed E-state index contributed by atoms with van der Waals surface area (Å²) in [5.74, 6) is -1.94. The Labute approximate surface area is 405 Å². The van der Waals surface area contributed by atoms with E-state index in [1.165, 1.54) is 16.2 Å². The minimum atomic E-state index is -0.637. The van der Waals surface area contributed by atoms with E-state index in [4.69, 9.17) is 19.2 Å². The summed E-state index contributed by atoms with van der Waals surface area (Å²) in [5.41, 5.74) is 0.656. The highest BCUT2D eigenvalue weighted by Crippen LogP contribution is 2.34. The maximum atomic E-state index is 14.5. The summed E-state index contributed by atoms with van der Waals surface area (Å²) in [6.07, 6.45) is 1.29. The maximum absolute atomic E-state index is 14.5. The molecule has 1 saturated heterocycles. The molecule has 9 atom stereocenters. The summed E-state index contributed by atoms with van der Waals surface area (Å²) in [5, 5.41) is 5.06. The molecule has 1 aromatic heterocycles. The Hall–Kier alpha value is -4.21. The molecule has 0 bridgehead atoms. The summed E-state index contributed by atoms with van der Waals surface area (Å²) < 4.78 is 17.5. The first-order chi connectivity index (χ1) is 31.4. The first kappa shape index (κ1) is 57.1. The molecule has 2 heterocycles. The monoisotopic (exact) mass is 954 g/mol. The Morgan fingerprint density at radius 1 is 0.881 bits per heavy atom. The van der Waals surface area contributed by atoms with Gasteiger partial charge in [-0.05, 0) is 63.4 Å². The number of nitrogens with one attached hydrogen (secondary N) is 1. The smallest absolute Gasteiger partial charge is 0.407 e. The van der Waals surface area contributed by atoms with Gasteiger partial charge in [-0.3, -0.25) is 24.0 Å². The molecule has 1 aliphatic heterocycles. The number of rotatable bonds is 26. The van der Waals surface area contributed by atoms with Gasteiger partial charge in [-0.15, -0.1) is 11.3 Å². The van der Waals surface area contributed by atoms with Crippen molar-refractivity contribution in [3.8, 4) is 0 Å². The number of carbonyl (C=O) groups is 6. The van der Waals surface area contributed by atoms with E-state index >= 15 is 0 Å². The number of ether oxygens (including phenoxy) is 3. The first-order valence-corrected chi connectivity index (χ1v) is 25.2. The highest BCUT2D eigenvalue weighted by Gasteiger charge is 2.43. The van der Waals surface area contributed by atoms with Gasteiger partial charge in [0, 0.05) is 89.8 Å². The Bertz CT molecular complexity index is 1920. The van der Waals surface area contributed by atoms with E-state index in [0.717, 1.165) is 18.4 Å². The predicted octanol–water partition coefficient (Wildman–Crippen LogP) is 8.47. The second-order valence-corrected chi connectivity index (χ2v) is 21.3. The van der Waals surface area contributed by atoms with Crippen LogP contribution in [0.5, 0.6) is 0 Å². The molecular formula is C52H83N5O9S. The van der Waals surface area contributed by atoms with Crippen LogP contribution in [0.3, 0.4) is 0 Å². The van der Waals surface area contributed by atoms with Gasteiger partial charge in [-0.25, -0.2) is 9.78 Å². The normalized spacial score (nSPS) is 17.8. The van der Waals surface area contributed by atoms with Crippen LogP contribution < -0.4 is 5.32 Å². The van der Waals surface area contributed by atoms with E-state index in [2.05, 4.69) is 19.2 Å². The lowest BCUT2D eigenvalue weighted by Crippen LogP contribution is -2.54. The number of ketones is 2. The summed E-state index contributed by atoms with van der Waals surface area (Å²) in [6, 6.07) is 9.09. The van der Waals surface area contributed by atoms with Gasteiger partial charge in [0.1, 0.15) is 22.9 Å². The van der Waals surface area contributed by atoms with Crippen molar-refractivity contribution in [1.82, 2.24) is 25.0 Å². The number of benzene rings is 1. The molecule has 67 heavy (non-hydrogen) atoms. The number of aromatic nitrogens is 1. The number of Topliss-reactive ketones (excluding diaryl/α,β-unsaturated/α-hetero) is 2. The highest BCUT2D eigenvalue weighted by molar-refractivity contribution is 7.10. The van der Waals surface area contributed by atoms with E-state index in [0.29, 0.717) is 24.4 Å². The van der Waals surface area contributed by atoms with Crippen molar-refractivity contribution in [2.45, 2.75) is 157 Å². The molecule has 1 aromatic carbocycles. The molecule has 14 nitrogen and oxygen atoms in total. The fraction of sp³-hybridized carbons (Fsp3) is 0.712. The molecule has 4 amide bonds. The van der Waals surface area contributed by atoms with Crippen molar-refractivity contribution in [2.75, 3.05) is 47.9 Å². The van der Waals surface area contributed by atoms with Gasteiger partial charge in [0.25, 0.3) is 5.91 Å². The van der Waals surface area contributed by atoms with Crippen molar-refractivity contribution in [2.24, 2.45) is 35.5 Å². The number of methoxy groups -OCH3 is 2. The topological polar surface area (TPSA) is 165 Å². The standard InChI is InChI=1S/C52H83N5O9S/c1-16-34(6)46(56(13)49(61)39(33(4)5)29-43(59)35(7)32(2)3)44(64-14)30-45(60)57-25-20-23-41(57)47(65-15)36(8)42(58)28-38(27-37-21-18-17-19-22-37)48-54-40(31-67-48)50(62)55(12)26-24-53-51(63)66-52(9,10)11/h17-19,21-22,31-36,38-39,41,44,46-47H,16,20,23-30H2,1-15H3,(H,53,63)/t34-,35-,36-,38+,39-,41-,44+,46-,47+/m0/s1. The molecule has 0 unspecified atom stereocenters. The van der Waals surface area contributed by atoms with Gasteiger partial charge in [0.2, 0.25) is 11.8 Å². The highest BCUT2D eigenvalue weighted by atomic mass is 32.1. The lowest BCUT2D eigenvalue weighted by molar-refractivity contribution is -0.149. The Morgan fingerprint density at radius 2 is 1.52 bits per heavy atom. The molecule has 2 aromatic rings. The minimum Gasteiger partial charge on any atom is -0.444 e. The first-order valence-electron chi connectivity index (χ1n) is 24.3. The van der Waals surface area contributed by atoms with Crippen LogP contribution in [-0.2, 0) is 39.8 Å². The van der Waals surface area contributed by atoms with Gasteiger partial charge in [0.15, 0.2) is 0 Å². The number of hydrogen-bond donors (Lipinski definition) is 1. The van der Waals surface area contributed by atoms with E-state index < -0.39 is 41.8 Å². The number of hydrogen-bond acceptors (Lipinski definition) is 11. The zero-order valence-electron chi connectivity index (χ0n) is 43.3. The van der Waals surface area contributed by atoms with Crippen LogP contribution in [0, 0.1) is 35.5 Å². The third-order valence-corrected chi connectivity index (χ3v) is 14.7. The second kappa shape index (κ2) is 26.5. The number of nitrogens with zero attached hydrogens (tertiary/aromatic N) is 4. The van der Waals surface area contributed by atoms with Gasteiger partial charge in [0.05, 0.1) is 35.7 Å². The lowest BCUT2D eigenvalue weighted by atomic mass is 9.82. The molecule has 376 valence electrons. The van der Waals surface area contributed by atoms with Crippen LogP contribution in [0.15, 0.2) is 35.7 Å². The molecule has 0 radical (unpaired) electrons. The van der Waals surface area contributed by atoms with Gasteiger partial charge in [-0.1, -0.05) is 92.1 Å². The fourth-order valence-electron chi connectivity index (χ4n) is 9.07. The van der Waals surface area contributed by atoms with Gasteiger partial charge >= 0.3 is 6.09 Å². The zero-order chi connectivity index (χ0) is 50.3. The molecule has 0 spiro atoms. The summed E-state index contributed by atoms with van der Waals surface area (Å²) in [7, 11) is 6.59. The van der Waals surface area contributed by atoms with E-state index in [-0.39, 0.29) is 103 Å².